The number of benzene rings is 2. The Balaban J connectivity index is 1.89. The van der Waals surface area contributed by atoms with Gasteiger partial charge in [0.15, 0.2) is 0 Å². The van der Waals surface area contributed by atoms with E-state index in [-0.39, 0.29) is 13.0 Å². The molecule has 0 saturated heterocycles. The summed E-state index contributed by atoms with van der Waals surface area (Å²) in [5.41, 5.74) is 2.22. The molecule has 0 bridgehead atoms. The number of carbonyl (C=O) groups is 1. The van der Waals surface area contributed by atoms with Crippen LogP contribution in [0.3, 0.4) is 0 Å². The van der Waals surface area contributed by atoms with E-state index >= 15 is 0 Å². The van der Waals surface area contributed by atoms with Crippen molar-refractivity contribution in [1.82, 2.24) is 9.55 Å². The third-order valence-corrected chi connectivity index (χ3v) is 3.26. The molecule has 0 spiro atoms. The van der Waals surface area contributed by atoms with Crippen molar-refractivity contribution in [1.29, 1.82) is 5.26 Å². The summed E-state index contributed by atoms with van der Waals surface area (Å²) in [7, 11) is 0. The van der Waals surface area contributed by atoms with Crippen molar-refractivity contribution < 1.29 is 9.53 Å². The highest BCUT2D eigenvalue weighted by Gasteiger charge is 2.17. The van der Waals surface area contributed by atoms with Gasteiger partial charge in [0.25, 0.3) is 0 Å². The lowest BCUT2D eigenvalue weighted by atomic mass is 10.2. The first-order chi connectivity index (χ1) is 10.8. The molecule has 0 radical (unpaired) electrons. The van der Waals surface area contributed by atoms with Crippen LogP contribution in [0.25, 0.3) is 11.0 Å². The van der Waals surface area contributed by atoms with Gasteiger partial charge in [-0.05, 0) is 17.7 Å². The Labute approximate surface area is 127 Å². The molecule has 2 aromatic carbocycles. The highest BCUT2D eigenvalue weighted by molar-refractivity contribution is 5.87. The van der Waals surface area contributed by atoms with Crippen LogP contribution in [0.5, 0.6) is 0 Å². The molecule has 0 N–H and O–H groups in total. The van der Waals surface area contributed by atoms with Crippen LogP contribution in [0, 0.1) is 11.3 Å². The topological polar surface area (TPSA) is 67.9 Å². The number of hydrogen-bond donors (Lipinski definition) is 0. The number of fused-ring (bicyclic) bond motifs is 1. The summed E-state index contributed by atoms with van der Waals surface area (Å²) in [5, 5.41) is 8.90. The van der Waals surface area contributed by atoms with E-state index in [1.165, 1.54) is 4.57 Å². The highest BCUT2D eigenvalue weighted by Crippen LogP contribution is 2.17. The molecule has 0 saturated carbocycles. The molecule has 0 aliphatic heterocycles. The Morgan fingerprint density at radius 1 is 1.14 bits per heavy atom. The Hall–Kier alpha value is -3.13. The van der Waals surface area contributed by atoms with E-state index in [1.807, 2.05) is 48.5 Å². The summed E-state index contributed by atoms with van der Waals surface area (Å²) >= 11 is 0. The maximum absolute atomic E-state index is 12.4. The fourth-order valence-electron chi connectivity index (χ4n) is 2.25. The number of nitrogens with zero attached hydrogens (tertiary/aromatic N) is 3. The van der Waals surface area contributed by atoms with Gasteiger partial charge in [-0.15, -0.1) is 0 Å². The van der Waals surface area contributed by atoms with Gasteiger partial charge in [0.2, 0.25) is 0 Å². The minimum absolute atomic E-state index is 0.0507. The molecule has 0 aliphatic rings. The lowest BCUT2D eigenvalue weighted by molar-refractivity contribution is 0.141. The van der Waals surface area contributed by atoms with Crippen molar-refractivity contribution in [2.75, 3.05) is 0 Å². The Bertz CT molecular complexity index is 847. The van der Waals surface area contributed by atoms with Gasteiger partial charge >= 0.3 is 6.09 Å². The smallest absolute Gasteiger partial charge is 0.420 e. The summed E-state index contributed by atoms with van der Waals surface area (Å²) in [6, 6.07) is 18.7. The second kappa shape index (κ2) is 6.10. The summed E-state index contributed by atoms with van der Waals surface area (Å²) in [4.78, 5) is 16.7. The van der Waals surface area contributed by atoms with Gasteiger partial charge in [-0.3, -0.25) is 0 Å². The third-order valence-electron chi connectivity index (χ3n) is 3.26. The predicted octanol–water partition coefficient (Wildman–Crippen LogP) is 3.29. The van der Waals surface area contributed by atoms with E-state index in [0.29, 0.717) is 16.9 Å². The quantitative estimate of drug-likeness (QED) is 0.742. The molecule has 3 rings (SSSR count). The number of aromatic nitrogens is 2. The number of hydrogen-bond acceptors (Lipinski definition) is 4. The number of imidazole rings is 1. The molecule has 3 aromatic rings. The number of rotatable bonds is 3. The van der Waals surface area contributed by atoms with Gasteiger partial charge < -0.3 is 4.74 Å². The molecule has 1 aromatic heterocycles. The maximum Gasteiger partial charge on any atom is 0.420 e. The lowest BCUT2D eigenvalue weighted by Crippen LogP contribution is -2.16. The highest BCUT2D eigenvalue weighted by atomic mass is 16.5. The minimum atomic E-state index is -0.525. The first-order valence-corrected chi connectivity index (χ1v) is 6.84. The molecule has 108 valence electrons. The maximum atomic E-state index is 12.4. The molecule has 1 heterocycles. The first-order valence-electron chi connectivity index (χ1n) is 6.84. The minimum Gasteiger partial charge on any atom is -0.444 e. The molecule has 22 heavy (non-hydrogen) atoms. The molecule has 5 heteroatoms. The van der Waals surface area contributed by atoms with Crippen LogP contribution < -0.4 is 0 Å². The fourth-order valence-corrected chi connectivity index (χ4v) is 2.25. The molecule has 0 unspecified atom stereocenters. The van der Waals surface area contributed by atoms with Crippen molar-refractivity contribution in [3.8, 4) is 6.07 Å². The molecule has 0 atom stereocenters. The van der Waals surface area contributed by atoms with Gasteiger partial charge in [0.1, 0.15) is 12.4 Å². The summed E-state index contributed by atoms with van der Waals surface area (Å²) < 4.78 is 6.70. The number of nitriles is 1. The van der Waals surface area contributed by atoms with Crippen LogP contribution in [0.1, 0.15) is 11.4 Å². The van der Waals surface area contributed by atoms with E-state index in [1.54, 1.807) is 12.1 Å². The molecule has 0 aliphatic carbocycles. The van der Waals surface area contributed by atoms with Gasteiger partial charge in [-0.25, -0.2) is 14.3 Å². The number of para-hydroxylation sites is 2. The van der Waals surface area contributed by atoms with Crippen LogP contribution in [0.15, 0.2) is 54.6 Å². The lowest BCUT2D eigenvalue weighted by Gasteiger charge is -2.08. The zero-order chi connectivity index (χ0) is 15.4. The Kier molecular flexibility index (Phi) is 3.84. The zero-order valence-electron chi connectivity index (χ0n) is 11.8. The summed E-state index contributed by atoms with van der Waals surface area (Å²) in [6.07, 6.45) is -0.474. The third kappa shape index (κ3) is 2.67. The number of carbonyl (C=O) groups excluding carboxylic acids is 1. The van der Waals surface area contributed by atoms with E-state index in [9.17, 15) is 4.79 Å². The van der Waals surface area contributed by atoms with Gasteiger partial charge in [0.05, 0.1) is 23.5 Å². The molecular formula is C17H13N3O2. The molecule has 0 fully saturated rings. The van der Waals surface area contributed by atoms with Crippen molar-refractivity contribution in [3.63, 3.8) is 0 Å². The summed E-state index contributed by atoms with van der Waals surface area (Å²) in [5.74, 6) is 0.391. The molecule has 5 nitrogen and oxygen atoms in total. The predicted molar refractivity (Wildman–Crippen MR) is 81.1 cm³/mol. The largest absolute Gasteiger partial charge is 0.444 e. The SMILES string of the molecule is N#CCc1nc2ccccc2n1C(=O)OCc1ccccc1. The van der Waals surface area contributed by atoms with Gasteiger partial charge in [0, 0.05) is 0 Å². The van der Waals surface area contributed by atoms with Crippen molar-refractivity contribution in [3.05, 3.63) is 66.0 Å². The van der Waals surface area contributed by atoms with Crippen LogP contribution >= 0.6 is 0 Å². The fraction of sp³-hybridized carbons (Fsp3) is 0.118. The average molecular weight is 291 g/mol. The van der Waals surface area contributed by atoms with E-state index < -0.39 is 6.09 Å². The van der Waals surface area contributed by atoms with E-state index in [2.05, 4.69) is 4.98 Å². The Morgan fingerprint density at radius 3 is 2.64 bits per heavy atom. The van der Waals surface area contributed by atoms with Crippen LogP contribution in [0.4, 0.5) is 4.79 Å². The second-order valence-corrected chi connectivity index (χ2v) is 4.73. The van der Waals surface area contributed by atoms with Crippen molar-refractivity contribution in [2.24, 2.45) is 0 Å². The van der Waals surface area contributed by atoms with Gasteiger partial charge in [-0.2, -0.15) is 5.26 Å². The normalized spacial score (nSPS) is 10.3. The van der Waals surface area contributed by atoms with E-state index in [4.69, 9.17) is 10.00 Å². The zero-order valence-corrected chi connectivity index (χ0v) is 11.8. The molecule has 0 amide bonds. The van der Waals surface area contributed by atoms with E-state index in [0.717, 1.165) is 5.56 Å². The monoisotopic (exact) mass is 291 g/mol. The van der Waals surface area contributed by atoms with Gasteiger partial charge in [-0.1, -0.05) is 42.5 Å². The van der Waals surface area contributed by atoms with Crippen LogP contribution in [-0.2, 0) is 17.8 Å². The Morgan fingerprint density at radius 2 is 1.86 bits per heavy atom. The molecular weight excluding hydrogens is 278 g/mol. The van der Waals surface area contributed by atoms with Crippen molar-refractivity contribution >= 4 is 17.1 Å². The average Bonchev–Trinajstić information content (AvgIpc) is 2.92. The van der Waals surface area contributed by atoms with Crippen LogP contribution in [-0.4, -0.2) is 15.6 Å². The second-order valence-electron chi connectivity index (χ2n) is 4.73. The standard InChI is InChI=1S/C17H13N3O2/c18-11-10-16-19-14-8-4-5-9-15(14)20(16)17(21)22-12-13-6-2-1-3-7-13/h1-9H,10,12H2. The number of ether oxygens (including phenoxy) is 1. The van der Waals surface area contributed by atoms with Crippen LogP contribution in [0.2, 0.25) is 0 Å². The van der Waals surface area contributed by atoms with Crippen molar-refractivity contribution in [2.45, 2.75) is 13.0 Å². The first kappa shape index (κ1) is 13.8. The summed E-state index contributed by atoms with van der Waals surface area (Å²) in [6.45, 7) is 0.179.